The van der Waals surface area contributed by atoms with Gasteiger partial charge in [-0.2, -0.15) is 0 Å². The zero-order valence-corrected chi connectivity index (χ0v) is 70.0. The van der Waals surface area contributed by atoms with E-state index in [4.69, 9.17) is 39.7 Å². The summed E-state index contributed by atoms with van der Waals surface area (Å²) < 4.78 is 10.5. The zero-order valence-electron chi connectivity index (χ0n) is 60.3. The number of hydrogen-bond donors (Lipinski definition) is 0. The first-order valence-corrected chi connectivity index (χ1v) is 39.6. The zero-order chi connectivity index (χ0) is 76.4. The van der Waals surface area contributed by atoms with Crippen LogP contribution in [0.4, 0.5) is 17.1 Å². The second kappa shape index (κ2) is 50.1. The minimum atomic E-state index is -0.510. The average molecular weight is 1710 g/mol. The Morgan fingerprint density at radius 3 is 0.615 bits per heavy atom. The van der Waals surface area contributed by atoms with E-state index in [-0.39, 0.29) is 57.0 Å². The fourth-order valence-electron chi connectivity index (χ4n) is 10.8. The summed E-state index contributed by atoms with van der Waals surface area (Å²) in [5, 5.41) is 50.3. The molecule has 14 aromatic carbocycles. The molecule has 0 aromatic heterocycles. The standard InChI is InChI=1S/4C18H15P.C9H8N2O3.C8H8BrNO3.2CN.Pd.Zn/c4*1-4-10-16(11-5-1)19(17-12-6-2-7-13-17)18-14-8-3-9-15-18;1-6-4-9(14-3)7(10-2)5-8(6)11(12)13;1-5-3-8(13-2)6(9)4-7(5)10(11)12;2*1-2;;/h4*1-15H;4-5H,1,3H3;3-4H,1-2H3;;;;/q;;;;;;2*-1;;+2. The van der Waals surface area contributed by atoms with E-state index < -0.39 is 41.5 Å². The number of rotatable bonds is 16. The third-order valence-electron chi connectivity index (χ3n) is 15.7. The van der Waals surface area contributed by atoms with Gasteiger partial charge in [-0.1, -0.05) is 364 Å². The number of halogens is 1. The monoisotopic (exact) mass is 1710 g/mol. The summed E-state index contributed by atoms with van der Waals surface area (Å²) in [6.07, 6.45) is 0. The Morgan fingerprint density at radius 2 is 0.468 bits per heavy atom. The smallest absolute Gasteiger partial charge is 0.512 e. The number of nitro benzene ring substituents is 2. The van der Waals surface area contributed by atoms with Gasteiger partial charge >= 0.3 is 19.5 Å². The van der Waals surface area contributed by atoms with Crippen molar-refractivity contribution in [3.63, 3.8) is 0 Å². The third-order valence-corrected chi connectivity index (χ3v) is 26.0. The first-order valence-electron chi connectivity index (χ1n) is 33.4. The molecule has 18 heteroatoms. The van der Waals surface area contributed by atoms with Crippen molar-refractivity contribution in [1.82, 2.24) is 0 Å². The Kier molecular flexibility index (Phi) is 41.0. The van der Waals surface area contributed by atoms with Crippen molar-refractivity contribution >= 4 is 128 Å². The van der Waals surface area contributed by atoms with Crippen LogP contribution in [0.2, 0.25) is 0 Å². The Balaban J connectivity index is 0.000000233. The van der Waals surface area contributed by atoms with Gasteiger partial charge in [0.1, 0.15) is 11.5 Å². The van der Waals surface area contributed by atoms with Gasteiger partial charge in [-0.05, 0) is 137 Å². The van der Waals surface area contributed by atoms with Gasteiger partial charge in [-0.3, -0.25) is 20.2 Å². The summed E-state index contributed by atoms with van der Waals surface area (Å²) in [5.41, 5.74) is 1.26. The molecule has 0 amide bonds. The summed E-state index contributed by atoms with van der Waals surface area (Å²) in [6.45, 7) is 19.6. The van der Waals surface area contributed by atoms with Gasteiger partial charge in [-0.25, -0.2) is 4.85 Å². The molecule has 11 nitrogen and oxygen atoms in total. The molecular weight excluding hydrogens is 1630 g/mol. The Hall–Kier alpha value is -10.6. The van der Waals surface area contributed by atoms with E-state index in [1.807, 2.05) is 0 Å². The number of methoxy groups -OCH3 is 2. The van der Waals surface area contributed by atoms with E-state index in [1.165, 1.54) is 96.1 Å². The molecule has 0 atom stereocenters. The van der Waals surface area contributed by atoms with Crippen LogP contribution >= 0.6 is 47.6 Å². The number of nitrogens with zero attached hydrogens (tertiary/aromatic N) is 5. The van der Waals surface area contributed by atoms with Gasteiger partial charge in [0.25, 0.3) is 11.4 Å². The molecular formula is C91H76BrN5O6P4PdZn. The molecule has 540 valence electrons. The van der Waals surface area contributed by atoms with Crippen LogP contribution in [0.3, 0.4) is 0 Å². The Labute approximate surface area is 680 Å². The van der Waals surface area contributed by atoms with Gasteiger partial charge in [0, 0.05) is 43.7 Å². The maximum absolute atomic E-state index is 10.6. The van der Waals surface area contributed by atoms with Crippen molar-refractivity contribution in [2.45, 2.75) is 13.8 Å². The first kappa shape index (κ1) is 89.1. The van der Waals surface area contributed by atoms with Crippen LogP contribution in [0, 0.1) is 64.3 Å². The minimum absolute atomic E-state index is 0. The van der Waals surface area contributed by atoms with Crippen LogP contribution in [0.25, 0.3) is 4.85 Å². The maximum atomic E-state index is 10.6. The fourth-order valence-corrected chi connectivity index (χ4v) is 20.5. The Morgan fingerprint density at radius 1 is 0.312 bits per heavy atom. The molecule has 0 unspecified atom stereocenters. The van der Waals surface area contributed by atoms with Crippen LogP contribution in [-0.4, -0.2) is 24.1 Å². The number of benzene rings is 14. The number of nitro groups is 2. The number of hydrogen-bond acceptors (Lipinski definition) is 8. The predicted molar refractivity (Wildman–Crippen MR) is 453 cm³/mol. The molecule has 14 rings (SSSR count). The van der Waals surface area contributed by atoms with Crippen LogP contribution in [-0.2, 0) is 39.9 Å². The van der Waals surface area contributed by atoms with E-state index in [9.17, 15) is 20.2 Å². The van der Waals surface area contributed by atoms with Gasteiger partial charge in [0.15, 0.2) is 0 Å². The molecule has 0 saturated heterocycles. The molecule has 0 aliphatic heterocycles. The van der Waals surface area contributed by atoms with E-state index in [0.717, 1.165) is 0 Å². The van der Waals surface area contributed by atoms with E-state index in [0.29, 0.717) is 27.1 Å². The van der Waals surface area contributed by atoms with Gasteiger partial charge < -0.3 is 33.1 Å². The molecule has 0 saturated carbocycles. The second-order valence-electron chi connectivity index (χ2n) is 22.6. The molecule has 0 aliphatic rings. The largest absolute Gasteiger partial charge is 2.00 e. The quantitative estimate of drug-likeness (QED) is 0.0304. The molecule has 109 heavy (non-hydrogen) atoms. The van der Waals surface area contributed by atoms with Crippen molar-refractivity contribution in [1.29, 1.82) is 10.5 Å². The van der Waals surface area contributed by atoms with Crippen LogP contribution in [0.5, 0.6) is 11.5 Å². The summed E-state index contributed by atoms with van der Waals surface area (Å²) in [6, 6.07) is 135. The number of ether oxygens (including phenoxy) is 2. The molecule has 14 aromatic rings. The van der Waals surface area contributed by atoms with Crippen molar-refractivity contribution < 1.29 is 59.2 Å². The molecule has 0 N–H and O–H groups in total. The SMILES string of the molecule is COc1cc(C)c([N+](=O)[O-])cc1Br.[C-]#N.[C-]#N.[C-]#[N+]c1cc([N+](=O)[O-])c(C)cc1OC.[Pd].[Zn+2].c1ccc(P(c2ccccc2)c2ccccc2)cc1.c1ccc(P(c2ccccc2)c2ccccc2)cc1.c1ccc(P(c2ccccc2)c2ccccc2)cc1.c1ccc(P(c2ccccc2)c2ccccc2)cc1. The molecule has 0 heterocycles. The van der Waals surface area contributed by atoms with Crippen molar-refractivity contribution in [3.05, 3.63) is 449 Å². The van der Waals surface area contributed by atoms with E-state index in [1.54, 1.807) is 19.9 Å². The van der Waals surface area contributed by atoms with Crippen LogP contribution < -0.4 is 73.1 Å². The summed E-state index contributed by atoms with van der Waals surface area (Å²) >= 11 is 3.18. The second-order valence-corrected chi connectivity index (χ2v) is 32.3. The first-order chi connectivity index (χ1) is 52.5. The Bertz CT molecular complexity index is 4140. The minimum Gasteiger partial charge on any atom is -0.512 e. The molecule has 0 radical (unpaired) electrons. The topological polar surface area (TPSA) is 157 Å². The van der Waals surface area contributed by atoms with Gasteiger partial charge in [-0.15, -0.1) is 0 Å². The normalized spacial score (nSPS) is 9.76. The molecule has 0 spiro atoms. The van der Waals surface area contributed by atoms with Gasteiger partial charge in [0.05, 0.1) is 35.1 Å². The summed E-state index contributed by atoms with van der Waals surface area (Å²) in [7, 11) is 1.16. The van der Waals surface area contributed by atoms with Crippen molar-refractivity contribution in [2.24, 2.45) is 0 Å². The van der Waals surface area contributed by atoms with Crippen molar-refractivity contribution in [3.8, 4) is 11.5 Å². The molecule has 0 bridgehead atoms. The molecule has 0 fully saturated rings. The average Bonchev–Trinajstić information content (AvgIpc) is 0.836. The van der Waals surface area contributed by atoms with Crippen LogP contribution in [0.15, 0.2) is 393 Å². The maximum Gasteiger partial charge on any atom is 2.00 e. The fraction of sp³-hybridized carbons (Fsp3) is 0.0440. The van der Waals surface area contributed by atoms with Crippen LogP contribution in [0.1, 0.15) is 11.1 Å². The predicted octanol–water partition coefficient (Wildman–Crippen LogP) is 19.1. The van der Waals surface area contributed by atoms with E-state index >= 15 is 0 Å². The number of aryl methyl sites for hydroxylation is 2. The van der Waals surface area contributed by atoms with Crippen molar-refractivity contribution in [2.75, 3.05) is 14.2 Å². The third kappa shape index (κ3) is 27.6. The summed E-state index contributed by atoms with van der Waals surface area (Å²) in [4.78, 5) is 23.3. The van der Waals surface area contributed by atoms with Gasteiger partial charge in [0.2, 0.25) is 5.69 Å². The summed E-state index contributed by atoms with van der Waals surface area (Å²) in [5.74, 6) is 0.964. The van der Waals surface area contributed by atoms with E-state index in [2.05, 4.69) is 385 Å². The molecule has 0 aliphatic carbocycles.